The standard InChI is InChI=1S/C25H42O/c1-16(2)17-10-14-25(7)19-8-9-20-22(3,4)21(26)12-13-23(20,5)18(19)11-15-24(17,25)6/h16-17,20-21,26H,8-15H2,1-7H3. The van der Waals surface area contributed by atoms with Gasteiger partial charge in [0.05, 0.1) is 6.10 Å². The third-order valence-electron chi connectivity index (χ3n) is 10.6. The predicted octanol–water partition coefficient (Wildman–Crippen LogP) is 6.75. The summed E-state index contributed by atoms with van der Waals surface area (Å²) in [5.74, 6) is 2.34. The zero-order chi connectivity index (χ0) is 19.1. The third kappa shape index (κ3) is 2.13. The van der Waals surface area contributed by atoms with Crippen molar-refractivity contribution in [3.05, 3.63) is 11.1 Å². The number of fused-ring (bicyclic) bond motifs is 4. The zero-order valence-corrected chi connectivity index (χ0v) is 18.4. The smallest absolute Gasteiger partial charge is 0.0594 e. The molecule has 0 aromatic rings. The van der Waals surface area contributed by atoms with Gasteiger partial charge < -0.3 is 5.11 Å². The summed E-state index contributed by atoms with van der Waals surface area (Å²) in [7, 11) is 0. The van der Waals surface area contributed by atoms with Crippen LogP contribution in [0.2, 0.25) is 0 Å². The molecule has 0 bridgehead atoms. The second-order valence-corrected chi connectivity index (χ2v) is 12.0. The summed E-state index contributed by atoms with van der Waals surface area (Å²) in [5, 5.41) is 10.7. The Hall–Kier alpha value is -0.300. The minimum absolute atomic E-state index is 0.0589. The van der Waals surface area contributed by atoms with Crippen molar-refractivity contribution < 1.29 is 5.11 Å². The molecular formula is C25H42O. The minimum Gasteiger partial charge on any atom is -0.393 e. The lowest BCUT2D eigenvalue weighted by molar-refractivity contribution is -0.0961. The van der Waals surface area contributed by atoms with Gasteiger partial charge in [0.25, 0.3) is 0 Å². The van der Waals surface area contributed by atoms with Gasteiger partial charge in [0, 0.05) is 0 Å². The van der Waals surface area contributed by atoms with Crippen LogP contribution in [-0.2, 0) is 0 Å². The Morgan fingerprint density at radius 1 is 0.846 bits per heavy atom. The molecule has 1 nitrogen and oxygen atoms in total. The molecule has 148 valence electrons. The first kappa shape index (κ1) is 19.0. The molecule has 26 heavy (non-hydrogen) atoms. The molecular weight excluding hydrogens is 316 g/mol. The van der Waals surface area contributed by atoms with Crippen LogP contribution in [0.1, 0.15) is 99.8 Å². The van der Waals surface area contributed by atoms with Gasteiger partial charge in [-0.15, -0.1) is 0 Å². The predicted molar refractivity (Wildman–Crippen MR) is 110 cm³/mol. The first-order valence-corrected chi connectivity index (χ1v) is 11.4. The highest BCUT2D eigenvalue weighted by Gasteiger charge is 2.62. The number of aliphatic hydroxyl groups is 1. The van der Waals surface area contributed by atoms with E-state index < -0.39 is 0 Å². The van der Waals surface area contributed by atoms with E-state index in [1.54, 1.807) is 0 Å². The molecule has 0 aliphatic heterocycles. The largest absolute Gasteiger partial charge is 0.393 e. The van der Waals surface area contributed by atoms with E-state index in [1.807, 2.05) is 11.1 Å². The molecule has 2 saturated carbocycles. The Bertz CT molecular complexity index is 628. The quantitative estimate of drug-likeness (QED) is 0.514. The van der Waals surface area contributed by atoms with Crippen molar-refractivity contribution in [2.24, 2.45) is 39.4 Å². The van der Waals surface area contributed by atoms with E-state index in [2.05, 4.69) is 48.5 Å². The molecule has 0 aromatic heterocycles. The van der Waals surface area contributed by atoms with Gasteiger partial charge in [-0.25, -0.2) is 0 Å². The highest BCUT2D eigenvalue weighted by atomic mass is 16.3. The molecule has 0 radical (unpaired) electrons. The van der Waals surface area contributed by atoms with Gasteiger partial charge >= 0.3 is 0 Å². The maximum atomic E-state index is 10.7. The highest BCUT2D eigenvalue weighted by Crippen LogP contribution is 2.72. The van der Waals surface area contributed by atoms with E-state index in [9.17, 15) is 5.11 Å². The molecule has 0 saturated heterocycles. The van der Waals surface area contributed by atoms with Crippen molar-refractivity contribution in [1.82, 2.24) is 0 Å². The van der Waals surface area contributed by atoms with Crippen molar-refractivity contribution in [2.45, 2.75) is 106 Å². The first-order chi connectivity index (χ1) is 12.0. The van der Waals surface area contributed by atoms with Crippen LogP contribution in [0.25, 0.3) is 0 Å². The van der Waals surface area contributed by atoms with Crippen LogP contribution in [0.4, 0.5) is 0 Å². The van der Waals surface area contributed by atoms with Crippen LogP contribution in [0.15, 0.2) is 11.1 Å². The second kappa shape index (κ2) is 5.62. The van der Waals surface area contributed by atoms with Gasteiger partial charge in [-0.1, -0.05) is 59.6 Å². The van der Waals surface area contributed by atoms with Crippen LogP contribution in [0, 0.1) is 39.4 Å². The molecule has 4 rings (SSSR count). The summed E-state index contributed by atoms with van der Waals surface area (Å²) >= 11 is 0. The Morgan fingerprint density at radius 3 is 2.19 bits per heavy atom. The van der Waals surface area contributed by atoms with E-state index >= 15 is 0 Å². The number of hydrogen-bond donors (Lipinski definition) is 1. The van der Waals surface area contributed by atoms with Gasteiger partial charge in [-0.3, -0.25) is 0 Å². The highest BCUT2D eigenvalue weighted by molar-refractivity contribution is 5.38. The lowest BCUT2D eigenvalue weighted by Gasteiger charge is -2.62. The molecule has 0 amide bonds. The first-order valence-electron chi connectivity index (χ1n) is 11.4. The van der Waals surface area contributed by atoms with E-state index in [4.69, 9.17) is 0 Å². The number of aliphatic hydroxyl groups excluding tert-OH is 1. The molecule has 6 unspecified atom stereocenters. The topological polar surface area (TPSA) is 20.2 Å². The molecule has 1 heteroatoms. The normalized spacial score (nSPS) is 50.4. The van der Waals surface area contributed by atoms with Crippen LogP contribution in [0.3, 0.4) is 0 Å². The van der Waals surface area contributed by atoms with Crippen molar-refractivity contribution in [3.63, 3.8) is 0 Å². The summed E-state index contributed by atoms with van der Waals surface area (Å²) in [5.41, 5.74) is 5.02. The third-order valence-corrected chi connectivity index (χ3v) is 10.6. The lowest BCUT2D eigenvalue weighted by Crippen LogP contribution is -2.55. The molecule has 0 heterocycles. The summed E-state index contributed by atoms with van der Waals surface area (Å²) < 4.78 is 0. The summed E-state index contributed by atoms with van der Waals surface area (Å²) in [4.78, 5) is 0. The van der Waals surface area contributed by atoms with E-state index in [0.29, 0.717) is 22.2 Å². The lowest BCUT2D eigenvalue weighted by atomic mass is 9.43. The molecule has 2 fully saturated rings. The van der Waals surface area contributed by atoms with Gasteiger partial charge in [-0.2, -0.15) is 0 Å². The van der Waals surface area contributed by atoms with Crippen LogP contribution in [-0.4, -0.2) is 11.2 Å². The fourth-order valence-electron chi connectivity index (χ4n) is 8.79. The fraction of sp³-hybridized carbons (Fsp3) is 0.920. The molecule has 4 aliphatic rings. The van der Waals surface area contributed by atoms with E-state index in [0.717, 1.165) is 18.3 Å². The van der Waals surface area contributed by atoms with E-state index in [-0.39, 0.29) is 11.5 Å². The molecule has 0 spiro atoms. The van der Waals surface area contributed by atoms with Crippen LogP contribution >= 0.6 is 0 Å². The van der Waals surface area contributed by atoms with Crippen LogP contribution < -0.4 is 0 Å². The maximum Gasteiger partial charge on any atom is 0.0594 e. The summed E-state index contributed by atoms with van der Waals surface area (Å²) in [6.45, 7) is 17.4. The van der Waals surface area contributed by atoms with Gasteiger partial charge in [0.2, 0.25) is 0 Å². The molecule has 6 atom stereocenters. The van der Waals surface area contributed by atoms with Gasteiger partial charge in [-0.05, 0) is 90.8 Å². The monoisotopic (exact) mass is 358 g/mol. The zero-order valence-electron chi connectivity index (χ0n) is 18.4. The van der Waals surface area contributed by atoms with Crippen molar-refractivity contribution in [3.8, 4) is 0 Å². The Kier molecular flexibility index (Phi) is 4.11. The van der Waals surface area contributed by atoms with Crippen molar-refractivity contribution >= 4 is 0 Å². The summed E-state index contributed by atoms with van der Waals surface area (Å²) in [6.07, 6.45) is 10.2. The van der Waals surface area contributed by atoms with Crippen molar-refractivity contribution in [1.29, 1.82) is 0 Å². The Labute approximate surface area is 162 Å². The van der Waals surface area contributed by atoms with Crippen molar-refractivity contribution in [2.75, 3.05) is 0 Å². The second-order valence-electron chi connectivity index (χ2n) is 12.0. The Morgan fingerprint density at radius 2 is 1.54 bits per heavy atom. The summed E-state index contributed by atoms with van der Waals surface area (Å²) in [6, 6.07) is 0. The number of allylic oxidation sites excluding steroid dienone is 2. The van der Waals surface area contributed by atoms with E-state index in [1.165, 1.54) is 44.9 Å². The average molecular weight is 359 g/mol. The average Bonchev–Trinajstić information content (AvgIpc) is 2.84. The molecule has 4 aliphatic carbocycles. The minimum atomic E-state index is -0.121. The maximum absolute atomic E-state index is 10.7. The SMILES string of the molecule is CC(C)C1CCC2(C)C3=C(CCC12C)C1(C)CCC(O)C(C)(C)C1CC3. The van der Waals surface area contributed by atoms with Gasteiger partial charge in [0.1, 0.15) is 0 Å². The number of hydrogen-bond acceptors (Lipinski definition) is 1. The molecule has 1 N–H and O–H groups in total. The Balaban J connectivity index is 1.80. The fourth-order valence-corrected chi connectivity index (χ4v) is 8.79. The van der Waals surface area contributed by atoms with Gasteiger partial charge in [0.15, 0.2) is 0 Å². The van der Waals surface area contributed by atoms with Crippen LogP contribution in [0.5, 0.6) is 0 Å². The molecule has 0 aromatic carbocycles. The number of rotatable bonds is 1.